The Morgan fingerprint density at radius 3 is 2.50 bits per heavy atom. The van der Waals surface area contributed by atoms with Crippen molar-refractivity contribution in [2.24, 2.45) is 0 Å². The highest BCUT2D eigenvalue weighted by Gasteiger charge is 2.22. The molecule has 7 nitrogen and oxygen atoms in total. The monoisotopic (exact) mass is 408 g/mol. The summed E-state index contributed by atoms with van der Waals surface area (Å²) in [7, 11) is 0. The van der Waals surface area contributed by atoms with Crippen molar-refractivity contribution in [3.63, 3.8) is 0 Å². The van der Waals surface area contributed by atoms with Crippen molar-refractivity contribution in [3.8, 4) is 11.5 Å². The number of carbonyl (C=O) groups excluding carboxylic acids is 1. The van der Waals surface area contributed by atoms with Gasteiger partial charge < -0.3 is 14.5 Å². The molecule has 2 unspecified atom stereocenters. The zero-order valence-electron chi connectivity index (χ0n) is 17.6. The van der Waals surface area contributed by atoms with Crippen molar-refractivity contribution < 1.29 is 13.9 Å². The predicted octanol–water partition coefficient (Wildman–Crippen LogP) is 3.52. The number of aryl methyl sites for hydroxylation is 1. The number of benzene rings is 1. The van der Waals surface area contributed by atoms with Crippen LogP contribution in [0.15, 0.2) is 46.9 Å². The van der Waals surface area contributed by atoms with Gasteiger partial charge in [0, 0.05) is 32.2 Å². The minimum Gasteiger partial charge on any atom is -0.460 e. The fourth-order valence-electron chi connectivity index (χ4n) is 3.85. The van der Waals surface area contributed by atoms with Crippen LogP contribution in [0.25, 0.3) is 11.5 Å². The summed E-state index contributed by atoms with van der Waals surface area (Å²) in [5.41, 5.74) is 3.33. The van der Waals surface area contributed by atoms with Gasteiger partial charge in [0.1, 0.15) is 11.5 Å². The molecule has 0 aliphatic carbocycles. The lowest BCUT2D eigenvalue weighted by atomic mass is 10.1. The number of aromatic nitrogens is 2. The molecule has 2 N–H and O–H groups in total. The molecule has 7 heteroatoms. The van der Waals surface area contributed by atoms with Crippen LogP contribution in [-0.2, 0) is 17.8 Å². The second kappa shape index (κ2) is 8.85. The molecule has 0 radical (unpaired) electrons. The Morgan fingerprint density at radius 2 is 1.83 bits per heavy atom. The van der Waals surface area contributed by atoms with Crippen LogP contribution in [0.5, 0.6) is 0 Å². The van der Waals surface area contributed by atoms with Gasteiger partial charge in [0.25, 0.3) is 5.91 Å². The maximum absolute atomic E-state index is 12.4. The molecule has 0 spiro atoms. The molecule has 4 rings (SSSR count). The highest BCUT2D eigenvalue weighted by Crippen LogP contribution is 2.20. The highest BCUT2D eigenvalue weighted by atomic mass is 16.5. The minimum absolute atomic E-state index is 0.221. The van der Waals surface area contributed by atoms with Gasteiger partial charge in [-0.15, -0.1) is 0 Å². The average molecular weight is 409 g/mol. The molecule has 1 aliphatic rings. The maximum Gasteiger partial charge on any atom is 0.272 e. The third-order valence-electron chi connectivity index (χ3n) is 5.19. The molecule has 2 atom stereocenters. The Hall–Kier alpha value is -2.90. The number of hydrogen-bond acceptors (Lipinski definition) is 5. The van der Waals surface area contributed by atoms with Crippen molar-refractivity contribution in [2.45, 2.75) is 46.1 Å². The van der Waals surface area contributed by atoms with Gasteiger partial charge in [0.05, 0.1) is 12.2 Å². The van der Waals surface area contributed by atoms with E-state index in [-0.39, 0.29) is 18.1 Å². The number of amides is 1. The van der Waals surface area contributed by atoms with Gasteiger partial charge in [0.2, 0.25) is 0 Å². The summed E-state index contributed by atoms with van der Waals surface area (Å²) in [6, 6.07) is 13.8. The maximum atomic E-state index is 12.4. The van der Waals surface area contributed by atoms with E-state index >= 15 is 0 Å². The van der Waals surface area contributed by atoms with Gasteiger partial charge in [0.15, 0.2) is 11.5 Å². The zero-order chi connectivity index (χ0) is 21.1. The smallest absolute Gasteiger partial charge is 0.272 e. The van der Waals surface area contributed by atoms with Crippen LogP contribution in [0.1, 0.15) is 41.2 Å². The third kappa shape index (κ3) is 4.98. The second-order valence-corrected chi connectivity index (χ2v) is 8.03. The summed E-state index contributed by atoms with van der Waals surface area (Å²) >= 11 is 0. The number of nitrogens with one attached hydrogen (secondary N) is 2. The first-order valence-electron chi connectivity index (χ1n) is 10.3. The molecule has 158 valence electrons. The predicted molar refractivity (Wildman–Crippen MR) is 114 cm³/mol. The molecule has 1 aromatic carbocycles. The highest BCUT2D eigenvalue weighted by molar-refractivity contribution is 5.93. The first-order valence-corrected chi connectivity index (χ1v) is 10.3. The number of carbonyl (C=O) groups is 1. The summed E-state index contributed by atoms with van der Waals surface area (Å²) in [6.45, 7) is 9.37. The van der Waals surface area contributed by atoms with E-state index in [9.17, 15) is 4.79 Å². The Morgan fingerprint density at radius 1 is 1.13 bits per heavy atom. The SMILES string of the molecule is Cc1ccc(-c2cc(C(=O)NCc3ccc(CN4CC(C)OC(C)C4)cc3)n[nH]2)o1. The molecular formula is C23H28N4O3. The summed E-state index contributed by atoms with van der Waals surface area (Å²) in [6.07, 6.45) is 0.533. The second-order valence-electron chi connectivity index (χ2n) is 8.03. The van der Waals surface area contributed by atoms with Gasteiger partial charge in [-0.05, 0) is 44.0 Å². The quantitative estimate of drug-likeness (QED) is 0.652. The van der Waals surface area contributed by atoms with Crippen LogP contribution >= 0.6 is 0 Å². The van der Waals surface area contributed by atoms with Crippen molar-refractivity contribution in [2.75, 3.05) is 13.1 Å². The van der Waals surface area contributed by atoms with Crippen molar-refractivity contribution >= 4 is 5.91 Å². The largest absolute Gasteiger partial charge is 0.460 e. The molecule has 3 aromatic rings. The van der Waals surface area contributed by atoms with E-state index in [1.54, 1.807) is 6.07 Å². The fourth-order valence-corrected chi connectivity index (χ4v) is 3.85. The number of H-pyrrole nitrogens is 1. The van der Waals surface area contributed by atoms with E-state index in [0.717, 1.165) is 31.0 Å². The Bertz CT molecular complexity index is 982. The van der Waals surface area contributed by atoms with E-state index in [1.165, 1.54) is 5.56 Å². The number of aromatic amines is 1. The molecular weight excluding hydrogens is 380 g/mol. The van der Waals surface area contributed by atoms with Gasteiger partial charge in [-0.1, -0.05) is 24.3 Å². The Labute approximate surface area is 176 Å². The topological polar surface area (TPSA) is 83.4 Å². The van der Waals surface area contributed by atoms with E-state index in [2.05, 4.69) is 58.5 Å². The molecule has 1 fully saturated rings. The van der Waals surface area contributed by atoms with E-state index in [0.29, 0.717) is 23.7 Å². The number of nitrogens with zero attached hydrogens (tertiary/aromatic N) is 2. The lowest BCUT2D eigenvalue weighted by Gasteiger charge is -2.35. The Kier molecular flexibility index (Phi) is 6.01. The molecule has 1 saturated heterocycles. The van der Waals surface area contributed by atoms with Crippen LogP contribution in [0.3, 0.4) is 0 Å². The van der Waals surface area contributed by atoms with Gasteiger partial charge in [-0.25, -0.2) is 0 Å². The molecule has 0 saturated carbocycles. The van der Waals surface area contributed by atoms with Crippen molar-refractivity contribution in [3.05, 3.63) is 65.0 Å². The first-order chi connectivity index (χ1) is 14.5. The Balaban J connectivity index is 1.30. The first kappa shape index (κ1) is 20.4. The minimum atomic E-state index is -0.221. The summed E-state index contributed by atoms with van der Waals surface area (Å²) in [4.78, 5) is 14.8. The lowest BCUT2D eigenvalue weighted by Crippen LogP contribution is -2.44. The number of hydrogen-bond donors (Lipinski definition) is 2. The average Bonchev–Trinajstić information content (AvgIpc) is 3.35. The van der Waals surface area contributed by atoms with Crippen molar-refractivity contribution in [1.82, 2.24) is 20.4 Å². The van der Waals surface area contributed by atoms with Crippen LogP contribution < -0.4 is 5.32 Å². The van der Waals surface area contributed by atoms with E-state index in [1.807, 2.05) is 19.1 Å². The molecule has 1 aliphatic heterocycles. The molecule has 3 heterocycles. The summed E-state index contributed by atoms with van der Waals surface area (Å²) in [5.74, 6) is 1.26. The van der Waals surface area contributed by atoms with Crippen LogP contribution in [0.2, 0.25) is 0 Å². The number of rotatable bonds is 6. The summed E-state index contributed by atoms with van der Waals surface area (Å²) < 4.78 is 11.4. The van der Waals surface area contributed by atoms with E-state index < -0.39 is 0 Å². The number of ether oxygens (including phenoxy) is 1. The lowest BCUT2D eigenvalue weighted by molar-refractivity contribution is -0.0704. The zero-order valence-corrected chi connectivity index (χ0v) is 17.6. The molecule has 2 aromatic heterocycles. The molecule has 0 bridgehead atoms. The van der Waals surface area contributed by atoms with Crippen LogP contribution in [-0.4, -0.2) is 46.3 Å². The normalized spacial score (nSPS) is 19.7. The molecule has 1 amide bonds. The van der Waals surface area contributed by atoms with Gasteiger partial charge in [-0.3, -0.25) is 14.8 Å². The van der Waals surface area contributed by atoms with Crippen LogP contribution in [0, 0.1) is 6.92 Å². The third-order valence-corrected chi connectivity index (χ3v) is 5.19. The number of morpholine rings is 1. The van der Waals surface area contributed by atoms with Crippen molar-refractivity contribution in [1.29, 1.82) is 0 Å². The van der Waals surface area contributed by atoms with Gasteiger partial charge >= 0.3 is 0 Å². The number of furan rings is 1. The fraction of sp³-hybridized carbons (Fsp3) is 0.391. The van der Waals surface area contributed by atoms with Crippen LogP contribution in [0.4, 0.5) is 0 Å². The van der Waals surface area contributed by atoms with E-state index in [4.69, 9.17) is 9.15 Å². The summed E-state index contributed by atoms with van der Waals surface area (Å²) in [5, 5.41) is 9.86. The van der Waals surface area contributed by atoms with Gasteiger partial charge in [-0.2, -0.15) is 5.10 Å². The standard InChI is InChI=1S/C23H28N4O3/c1-15-4-9-22(30-15)20-10-21(26-25-20)23(28)24-11-18-5-7-19(8-6-18)14-27-12-16(2)29-17(3)13-27/h4-10,16-17H,11-14H2,1-3H3,(H,24,28)(H,25,26). The molecule has 30 heavy (non-hydrogen) atoms.